The normalized spacial score (nSPS) is 17.1. The Kier molecular flexibility index (Phi) is 5.51. The molecule has 4 heteroatoms. The lowest BCUT2D eigenvalue weighted by Gasteiger charge is -2.34. The fraction of sp³-hybridized carbons (Fsp3) is 0.381. The first-order valence-electron chi connectivity index (χ1n) is 8.87. The number of piperazine rings is 1. The Balaban J connectivity index is 1.59. The predicted octanol–water partition coefficient (Wildman–Crippen LogP) is 3.16. The number of anilines is 1. The van der Waals surface area contributed by atoms with E-state index in [-0.39, 0.29) is 5.91 Å². The molecule has 0 saturated carbocycles. The van der Waals surface area contributed by atoms with Crippen LogP contribution in [-0.2, 0) is 11.3 Å². The maximum atomic E-state index is 12.5. The second-order valence-electron chi connectivity index (χ2n) is 6.97. The Labute approximate surface area is 150 Å². The van der Waals surface area contributed by atoms with Crippen molar-refractivity contribution < 1.29 is 4.79 Å². The second-order valence-corrected chi connectivity index (χ2v) is 6.97. The number of nitrogens with zero attached hydrogens (tertiary/aromatic N) is 3. The van der Waals surface area contributed by atoms with Crippen molar-refractivity contribution in [2.24, 2.45) is 0 Å². The van der Waals surface area contributed by atoms with Crippen molar-refractivity contribution in [2.75, 3.05) is 38.6 Å². The number of amides is 1. The van der Waals surface area contributed by atoms with Gasteiger partial charge in [-0.15, -0.1) is 0 Å². The SMILES string of the molecule is CC(c1ccc(CN2CCN(c3ccccc3)C(=O)C2)cc1)N(C)C. The molecule has 1 aliphatic rings. The van der Waals surface area contributed by atoms with E-state index in [0.717, 1.165) is 25.3 Å². The van der Waals surface area contributed by atoms with E-state index < -0.39 is 0 Å². The van der Waals surface area contributed by atoms with Crippen molar-refractivity contribution in [1.82, 2.24) is 9.80 Å². The summed E-state index contributed by atoms with van der Waals surface area (Å²) in [4.78, 5) is 18.8. The van der Waals surface area contributed by atoms with E-state index in [1.54, 1.807) is 0 Å². The second kappa shape index (κ2) is 7.81. The summed E-state index contributed by atoms with van der Waals surface area (Å²) in [6, 6.07) is 19.1. The molecule has 1 aliphatic heterocycles. The molecular weight excluding hydrogens is 310 g/mol. The van der Waals surface area contributed by atoms with Gasteiger partial charge in [0.05, 0.1) is 6.54 Å². The molecule has 132 valence electrons. The van der Waals surface area contributed by atoms with Gasteiger partial charge < -0.3 is 9.80 Å². The summed E-state index contributed by atoms with van der Waals surface area (Å²) in [6.07, 6.45) is 0. The molecule has 4 nitrogen and oxygen atoms in total. The maximum Gasteiger partial charge on any atom is 0.241 e. The fourth-order valence-electron chi connectivity index (χ4n) is 3.20. The van der Waals surface area contributed by atoms with Gasteiger partial charge in [0, 0.05) is 31.4 Å². The van der Waals surface area contributed by atoms with Crippen LogP contribution in [0.2, 0.25) is 0 Å². The van der Waals surface area contributed by atoms with Crippen molar-refractivity contribution in [2.45, 2.75) is 19.5 Å². The number of carbonyl (C=O) groups excluding carboxylic acids is 1. The monoisotopic (exact) mass is 337 g/mol. The Hall–Kier alpha value is -2.17. The van der Waals surface area contributed by atoms with Crippen molar-refractivity contribution in [1.29, 1.82) is 0 Å². The van der Waals surface area contributed by atoms with Crippen LogP contribution in [0.5, 0.6) is 0 Å². The van der Waals surface area contributed by atoms with E-state index in [0.29, 0.717) is 12.6 Å². The number of hydrogen-bond acceptors (Lipinski definition) is 3. The van der Waals surface area contributed by atoms with Crippen LogP contribution < -0.4 is 4.90 Å². The molecule has 0 radical (unpaired) electrons. The van der Waals surface area contributed by atoms with Crippen LogP contribution in [0.25, 0.3) is 0 Å². The molecular formula is C21H27N3O. The first-order chi connectivity index (χ1) is 12.0. The number of benzene rings is 2. The molecule has 25 heavy (non-hydrogen) atoms. The fourth-order valence-corrected chi connectivity index (χ4v) is 3.20. The van der Waals surface area contributed by atoms with Crippen molar-refractivity contribution >= 4 is 11.6 Å². The van der Waals surface area contributed by atoms with Gasteiger partial charge in [0.25, 0.3) is 0 Å². The van der Waals surface area contributed by atoms with E-state index in [4.69, 9.17) is 0 Å². The summed E-state index contributed by atoms with van der Waals surface area (Å²) in [6.45, 7) is 5.15. The van der Waals surface area contributed by atoms with Crippen LogP contribution in [0.15, 0.2) is 54.6 Å². The smallest absolute Gasteiger partial charge is 0.241 e. The van der Waals surface area contributed by atoms with Crippen LogP contribution in [-0.4, -0.2) is 49.4 Å². The minimum atomic E-state index is 0.176. The highest BCUT2D eigenvalue weighted by Gasteiger charge is 2.24. The molecule has 3 rings (SSSR count). The lowest BCUT2D eigenvalue weighted by Crippen LogP contribution is -2.50. The third kappa shape index (κ3) is 4.27. The average Bonchev–Trinajstić information content (AvgIpc) is 2.62. The summed E-state index contributed by atoms with van der Waals surface area (Å²) in [5.74, 6) is 0.176. The van der Waals surface area contributed by atoms with E-state index in [1.807, 2.05) is 35.2 Å². The Morgan fingerprint density at radius 1 is 1.00 bits per heavy atom. The van der Waals surface area contributed by atoms with Crippen molar-refractivity contribution in [3.05, 3.63) is 65.7 Å². The topological polar surface area (TPSA) is 26.8 Å². The van der Waals surface area contributed by atoms with Gasteiger partial charge in [-0.2, -0.15) is 0 Å². The lowest BCUT2D eigenvalue weighted by atomic mass is 10.0. The van der Waals surface area contributed by atoms with Crippen LogP contribution >= 0.6 is 0 Å². The number of hydrogen-bond donors (Lipinski definition) is 0. The molecule has 1 saturated heterocycles. The highest BCUT2D eigenvalue weighted by molar-refractivity contribution is 5.95. The van der Waals surface area contributed by atoms with Crippen LogP contribution in [0.4, 0.5) is 5.69 Å². The lowest BCUT2D eigenvalue weighted by molar-refractivity contribution is -0.121. The van der Waals surface area contributed by atoms with Crippen LogP contribution in [0.3, 0.4) is 0 Å². The highest BCUT2D eigenvalue weighted by atomic mass is 16.2. The minimum absolute atomic E-state index is 0.176. The first kappa shape index (κ1) is 17.6. The Morgan fingerprint density at radius 3 is 2.28 bits per heavy atom. The third-order valence-electron chi connectivity index (χ3n) is 5.01. The Bertz CT molecular complexity index is 697. The molecule has 1 atom stereocenters. The van der Waals surface area contributed by atoms with Gasteiger partial charge in [0.1, 0.15) is 0 Å². The molecule has 1 heterocycles. The predicted molar refractivity (Wildman–Crippen MR) is 103 cm³/mol. The molecule has 0 aromatic heterocycles. The number of carbonyl (C=O) groups is 1. The third-order valence-corrected chi connectivity index (χ3v) is 5.01. The van der Waals surface area contributed by atoms with Gasteiger partial charge in [-0.25, -0.2) is 0 Å². The summed E-state index contributed by atoms with van der Waals surface area (Å²) in [5.41, 5.74) is 3.57. The van der Waals surface area contributed by atoms with Gasteiger partial charge >= 0.3 is 0 Å². The first-order valence-corrected chi connectivity index (χ1v) is 8.87. The van der Waals surface area contributed by atoms with Crippen molar-refractivity contribution in [3.63, 3.8) is 0 Å². The molecule has 2 aromatic carbocycles. The quantitative estimate of drug-likeness (QED) is 0.838. The maximum absolute atomic E-state index is 12.5. The van der Waals surface area contributed by atoms with Gasteiger partial charge in [-0.05, 0) is 44.3 Å². The molecule has 1 unspecified atom stereocenters. The van der Waals surface area contributed by atoms with Gasteiger partial charge in [-0.1, -0.05) is 42.5 Å². The van der Waals surface area contributed by atoms with Gasteiger partial charge in [0.2, 0.25) is 5.91 Å². The molecule has 0 N–H and O–H groups in total. The van der Waals surface area contributed by atoms with E-state index in [1.165, 1.54) is 11.1 Å². The molecule has 0 aliphatic carbocycles. The summed E-state index contributed by atoms with van der Waals surface area (Å²) < 4.78 is 0. The Morgan fingerprint density at radius 2 is 1.68 bits per heavy atom. The zero-order valence-electron chi connectivity index (χ0n) is 15.4. The molecule has 2 aromatic rings. The highest BCUT2D eigenvalue weighted by Crippen LogP contribution is 2.20. The van der Waals surface area contributed by atoms with E-state index in [2.05, 4.69) is 55.1 Å². The van der Waals surface area contributed by atoms with Crippen molar-refractivity contribution in [3.8, 4) is 0 Å². The van der Waals surface area contributed by atoms with Crippen LogP contribution in [0, 0.1) is 0 Å². The standard InChI is InChI=1S/C21H27N3O/c1-17(22(2)3)19-11-9-18(10-12-19)15-23-13-14-24(21(25)16-23)20-7-5-4-6-8-20/h4-12,17H,13-16H2,1-3H3. The zero-order chi connectivity index (χ0) is 17.8. The van der Waals surface area contributed by atoms with E-state index >= 15 is 0 Å². The molecule has 0 bridgehead atoms. The number of para-hydroxylation sites is 1. The van der Waals surface area contributed by atoms with Gasteiger partial charge in [0.15, 0.2) is 0 Å². The average molecular weight is 337 g/mol. The largest absolute Gasteiger partial charge is 0.310 e. The number of rotatable bonds is 5. The summed E-state index contributed by atoms with van der Waals surface area (Å²) in [7, 11) is 4.19. The molecule has 0 spiro atoms. The van der Waals surface area contributed by atoms with Gasteiger partial charge in [-0.3, -0.25) is 9.69 Å². The van der Waals surface area contributed by atoms with E-state index in [9.17, 15) is 4.79 Å². The van der Waals surface area contributed by atoms with Crippen LogP contribution in [0.1, 0.15) is 24.1 Å². The molecule has 1 amide bonds. The zero-order valence-corrected chi connectivity index (χ0v) is 15.4. The molecule has 1 fully saturated rings. The summed E-state index contributed by atoms with van der Waals surface area (Å²) >= 11 is 0. The summed E-state index contributed by atoms with van der Waals surface area (Å²) in [5, 5.41) is 0. The minimum Gasteiger partial charge on any atom is -0.310 e.